The number of halogens is 2. The number of hydrogen-bond donors (Lipinski definition) is 1. The largest absolute Gasteiger partial charge is 0.496 e. The van der Waals surface area contributed by atoms with E-state index in [4.69, 9.17) is 37.4 Å². The average molecular weight is 529 g/mol. The third-order valence-electron chi connectivity index (χ3n) is 6.01. The van der Waals surface area contributed by atoms with E-state index in [2.05, 4.69) is 5.32 Å². The van der Waals surface area contributed by atoms with Gasteiger partial charge in [0, 0.05) is 26.7 Å². The van der Waals surface area contributed by atoms with E-state index in [1.807, 2.05) is 0 Å². The van der Waals surface area contributed by atoms with Crippen molar-refractivity contribution >= 4 is 46.9 Å². The van der Waals surface area contributed by atoms with Crippen molar-refractivity contribution in [3.8, 4) is 5.75 Å². The molecule has 36 heavy (non-hydrogen) atoms. The van der Waals surface area contributed by atoms with E-state index < -0.39 is 23.5 Å². The summed E-state index contributed by atoms with van der Waals surface area (Å²) in [6.07, 6.45) is -0.823. The van der Waals surface area contributed by atoms with Crippen LogP contribution in [0, 0.1) is 0 Å². The van der Waals surface area contributed by atoms with Crippen LogP contribution < -0.4 is 15.0 Å². The summed E-state index contributed by atoms with van der Waals surface area (Å²) in [7, 11) is 3.96. The van der Waals surface area contributed by atoms with Crippen molar-refractivity contribution in [2.24, 2.45) is 0 Å². The zero-order chi connectivity index (χ0) is 26.0. The smallest absolute Gasteiger partial charge is 0.408 e. The Balaban J connectivity index is 1.89. The minimum absolute atomic E-state index is 0.0626. The molecule has 0 radical (unpaired) electrons. The number of alkyl carbamates (subject to hydrolysis) is 1. The number of amides is 2. The van der Waals surface area contributed by atoms with Gasteiger partial charge in [0.25, 0.3) is 5.91 Å². The van der Waals surface area contributed by atoms with Gasteiger partial charge >= 0.3 is 12.1 Å². The quantitative estimate of drug-likeness (QED) is 0.455. The lowest BCUT2D eigenvalue weighted by atomic mass is 9.83. The molecule has 0 aliphatic carbocycles. The second kappa shape index (κ2) is 10.1. The molecule has 1 N–H and O–H groups in total. The number of nitrogens with one attached hydrogen (secondary N) is 1. The number of carbonyl (C=O) groups excluding carboxylic acids is 3. The zero-order valence-electron chi connectivity index (χ0n) is 19.6. The molecule has 1 aliphatic rings. The van der Waals surface area contributed by atoms with Crippen LogP contribution in [-0.4, -0.2) is 39.3 Å². The van der Waals surface area contributed by atoms with E-state index in [0.29, 0.717) is 38.7 Å². The van der Waals surface area contributed by atoms with Gasteiger partial charge in [-0.05, 0) is 36.4 Å². The number of benzene rings is 3. The third kappa shape index (κ3) is 4.23. The van der Waals surface area contributed by atoms with Crippen LogP contribution in [0.25, 0.3) is 0 Å². The predicted octanol–water partition coefficient (Wildman–Crippen LogP) is 4.94. The molecule has 0 bridgehead atoms. The Morgan fingerprint density at radius 1 is 0.944 bits per heavy atom. The number of esters is 1. The molecule has 0 fully saturated rings. The van der Waals surface area contributed by atoms with Gasteiger partial charge in [-0.25, -0.2) is 9.59 Å². The second-order valence-corrected chi connectivity index (χ2v) is 8.76. The lowest BCUT2D eigenvalue weighted by Gasteiger charge is -2.31. The van der Waals surface area contributed by atoms with E-state index in [-0.39, 0.29) is 11.6 Å². The highest BCUT2D eigenvalue weighted by Gasteiger charge is 2.54. The van der Waals surface area contributed by atoms with E-state index in [1.165, 1.54) is 26.2 Å². The van der Waals surface area contributed by atoms with E-state index in [1.54, 1.807) is 60.7 Å². The van der Waals surface area contributed by atoms with Crippen molar-refractivity contribution < 1.29 is 28.6 Å². The Labute approximate surface area is 217 Å². The Morgan fingerprint density at radius 3 is 2.36 bits per heavy atom. The van der Waals surface area contributed by atoms with Gasteiger partial charge in [-0.15, -0.1) is 0 Å². The van der Waals surface area contributed by atoms with Gasteiger partial charge in [-0.1, -0.05) is 47.5 Å². The van der Waals surface area contributed by atoms with Crippen molar-refractivity contribution in [3.05, 3.63) is 93.0 Å². The monoisotopic (exact) mass is 528 g/mol. The highest BCUT2D eigenvalue weighted by Crippen LogP contribution is 2.48. The van der Waals surface area contributed by atoms with Crippen LogP contribution in [0.1, 0.15) is 27.0 Å². The van der Waals surface area contributed by atoms with E-state index in [9.17, 15) is 14.4 Å². The molecule has 1 heterocycles. The van der Waals surface area contributed by atoms with Crippen LogP contribution in [0.5, 0.6) is 5.75 Å². The second-order valence-electron chi connectivity index (χ2n) is 7.92. The molecule has 0 saturated heterocycles. The van der Waals surface area contributed by atoms with Gasteiger partial charge < -0.3 is 19.1 Å². The highest BCUT2D eigenvalue weighted by atomic mass is 35.5. The summed E-state index contributed by atoms with van der Waals surface area (Å²) >= 11 is 12.9. The first-order chi connectivity index (χ1) is 17.3. The Morgan fingerprint density at radius 2 is 1.69 bits per heavy atom. The first-order valence-electron chi connectivity index (χ1n) is 10.7. The van der Waals surface area contributed by atoms with Crippen molar-refractivity contribution in [2.45, 2.75) is 12.1 Å². The molecule has 0 aromatic heterocycles. The molecule has 1 atom stereocenters. The summed E-state index contributed by atoms with van der Waals surface area (Å²) in [6, 6.07) is 16.5. The summed E-state index contributed by atoms with van der Waals surface area (Å²) in [5.41, 5.74) is 0.526. The standard InChI is InChI=1S/C26H22Cl2N2O6/c1-34-22-12-15(23(31)35-2)8-9-16(22)14-30-21-11-10-17(27)13-19(21)26(24(30)32,29-25(33)36-3)18-6-4-5-7-20(18)28/h4-13H,14H2,1-3H3,(H,29,33). The maximum Gasteiger partial charge on any atom is 0.408 e. The summed E-state index contributed by atoms with van der Waals surface area (Å²) in [5, 5.41) is 3.36. The average Bonchev–Trinajstić information content (AvgIpc) is 3.11. The normalized spacial score (nSPS) is 16.4. The molecule has 1 unspecified atom stereocenters. The molecule has 4 rings (SSSR count). The molecule has 0 spiro atoms. The molecule has 186 valence electrons. The molecule has 1 aliphatic heterocycles. The van der Waals surface area contributed by atoms with Crippen LogP contribution in [0.3, 0.4) is 0 Å². The molecule has 8 nitrogen and oxygen atoms in total. The van der Waals surface area contributed by atoms with Crippen molar-refractivity contribution in [2.75, 3.05) is 26.2 Å². The van der Waals surface area contributed by atoms with Crippen molar-refractivity contribution in [1.29, 1.82) is 0 Å². The summed E-state index contributed by atoms with van der Waals surface area (Å²) in [5.74, 6) is -0.605. The van der Waals surface area contributed by atoms with E-state index in [0.717, 1.165) is 0 Å². The first-order valence-corrected chi connectivity index (χ1v) is 11.5. The van der Waals surface area contributed by atoms with Gasteiger partial charge in [0.05, 0.1) is 39.1 Å². The Bertz CT molecular complexity index is 1360. The molecule has 3 aromatic carbocycles. The van der Waals surface area contributed by atoms with Gasteiger partial charge in [-0.3, -0.25) is 10.1 Å². The molecule has 3 aromatic rings. The number of rotatable bonds is 6. The van der Waals surface area contributed by atoms with Crippen LogP contribution in [-0.2, 0) is 26.4 Å². The highest BCUT2D eigenvalue weighted by molar-refractivity contribution is 6.33. The maximum atomic E-state index is 14.3. The number of hydrogen-bond acceptors (Lipinski definition) is 6. The van der Waals surface area contributed by atoms with Crippen LogP contribution in [0.4, 0.5) is 10.5 Å². The zero-order valence-corrected chi connectivity index (χ0v) is 21.1. The number of methoxy groups -OCH3 is 3. The SMILES string of the molecule is COC(=O)NC1(c2ccccc2Cl)C(=O)N(Cc2ccc(C(=O)OC)cc2OC)c2ccc(Cl)cc21. The number of carbonyl (C=O) groups is 3. The molecular formula is C26H22Cl2N2O6. The minimum Gasteiger partial charge on any atom is -0.496 e. The van der Waals surface area contributed by atoms with Crippen molar-refractivity contribution in [3.63, 3.8) is 0 Å². The number of ether oxygens (including phenoxy) is 3. The van der Waals surface area contributed by atoms with Gasteiger partial charge in [0.2, 0.25) is 0 Å². The third-order valence-corrected chi connectivity index (χ3v) is 6.57. The fourth-order valence-electron chi connectivity index (χ4n) is 4.34. The summed E-state index contributed by atoms with van der Waals surface area (Å²) < 4.78 is 15.1. The number of anilines is 1. The number of nitrogens with zero attached hydrogens (tertiary/aromatic N) is 1. The molecular weight excluding hydrogens is 507 g/mol. The van der Waals surface area contributed by atoms with Gasteiger partial charge in [0.15, 0.2) is 5.54 Å². The van der Waals surface area contributed by atoms with Crippen LogP contribution in [0.15, 0.2) is 60.7 Å². The Kier molecular flexibility index (Phi) is 7.10. The van der Waals surface area contributed by atoms with Crippen LogP contribution >= 0.6 is 23.2 Å². The van der Waals surface area contributed by atoms with Gasteiger partial charge in [-0.2, -0.15) is 0 Å². The maximum absolute atomic E-state index is 14.3. The van der Waals surface area contributed by atoms with Crippen LogP contribution in [0.2, 0.25) is 10.0 Å². The lowest BCUT2D eigenvalue weighted by molar-refractivity contribution is -0.122. The van der Waals surface area contributed by atoms with Gasteiger partial charge in [0.1, 0.15) is 5.75 Å². The first kappa shape index (κ1) is 25.3. The number of fused-ring (bicyclic) bond motifs is 1. The fraction of sp³-hybridized carbons (Fsp3) is 0.192. The van der Waals surface area contributed by atoms with E-state index >= 15 is 0 Å². The summed E-state index contributed by atoms with van der Waals surface area (Å²) in [4.78, 5) is 40.3. The molecule has 0 saturated carbocycles. The topological polar surface area (TPSA) is 94.2 Å². The lowest BCUT2D eigenvalue weighted by Crippen LogP contribution is -2.53. The predicted molar refractivity (Wildman–Crippen MR) is 135 cm³/mol. The molecule has 2 amide bonds. The van der Waals surface area contributed by atoms with Crippen molar-refractivity contribution in [1.82, 2.24) is 5.32 Å². The minimum atomic E-state index is -1.70. The fourth-order valence-corrected chi connectivity index (χ4v) is 4.79. The molecule has 10 heteroatoms. The Hall–Kier alpha value is -3.75. The summed E-state index contributed by atoms with van der Waals surface area (Å²) in [6.45, 7) is 0.0626.